The molecule has 0 aromatic heterocycles. The SMILES string of the molecule is COc1ccc(C[C@H](C)C(=O)N2CCC[C@@H](CCC(=O)O)C2)cc1. The van der Waals surface area contributed by atoms with Gasteiger partial charge in [0, 0.05) is 25.4 Å². The molecule has 0 bridgehead atoms. The van der Waals surface area contributed by atoms with Crippen molar-refractivity contribution in [3.05, 3.63) is 29.8 Å². The maximum absolute atomic E-state index is 12.7. The summed E-state index contributed by atoms with van der Waals surface area (Å²) in [6, 6.07) is 7.81. The number of likely N-dealkylation sites (tertiary alicyclic amines) is 1. The fourth-order valence-electron chi connectivity index (χ4n) is 3.34. The van der Waals surface area contributed by atoms with Crippen LogP contribution in [0.15, 0.2) is 24.3 Å². The highest BCUT2D eigenvalue weighted by atomic mass is 16.5. The monoisotopic (exact) mass is 333 g/mol. The number of methoxy groups -OCH3 is 1. The number of piperidine rings is 1. The normalized spacial score (nSPS) is 18.9. The molecular weight excluding hydrogens is 306 g/mol. The van der Waals surface area contributed by atoms with Crippen molar-refractivity contribution in [2.75, 3.05) is 20.2 Å². The van der Waals surface area contributed by atoms with Crippen molar-refractivity contribution in [3.63, 3.8) is 0 Å². The van der Waals surface area contributed by atoms with E-state index in [0.29, 0.717) is 25.3 Å². The number of hydrogen-bond donors (Lipinski definition) is 1. The van der Waals surface area contributed by atoms with Gasteiger partial charge in [-0.3, -0.25) is 9.59 Å². The van der Waals surface area contributed by atoms with Crippen molar-refractivity contribution in [1.29, 1.82) is 0 Å². The highest BCUT2D eigenvalue weighted by Gasteiger charge is 2.27. The third kappa shape index (κ3) is 5.25. The summed E-state index contributed by atoms with van der Waals surface area (Å²) in [6.07, 6.45) is 3.54. The quantitative estimate of drug-likeness (QED) is 0.833. The summed E-state index contributed by atoms with van der Waals surface area (Å²) in [5.41, 5.74) is 1.12. The molecule has 1 fully saturated rings. The molecule has 1 heterocycles. The van der Waals surface area contributed by atoms with E-state index < -0.39 is 5.97 Å². The number of nitrogens with zero attached hydrogens (tertiary/aromatic N) is 1. The zero-order valence-electron chi connectivity index (χ0n) is 14.5. The molecule has 1 aromatic carbocycles. The van der Waals surface area contributed by atoms with Crippen LogP contribution in [0.2, 0.25) is 0 Å². The average molecular weight is 333 g/mol. The van der Waals surface area contributed by atoms with E-state index in [-0.39, 0.29) is 18.2 Å². The molecule has 1 N–H and O–H groups in total. The average Bonchev–Trinajstić information content (AvgIpc) is 2.60. The van der Waals surface area contributed by atoms with Crippen LogP contribution in [0.25, 0.3) is 0 Å². The first kappa shape index (κ1) is 18.3. The maximum Gasteiger partial charge on any atom is 0.303 e. The number of carboxylic acids is 1. The Hall–Kier alpha value is -2.04. The Labute approximate surface area is 143 Å². The predicted molar refractivity (Wildman–Crippen MR) is 92.0 cm³/mol. The maximum atomic E-state index is 12.7. The molecule has 1 saturated heterocycles. The fourth-order valence-corrected chi connectivity index (χ4v) is 3.34. The fraction of sp³-hybridized carbons (Fsp3) is 0.579. The molecule has 5 heteroatoms. The van der Waals surface area contributed by atoms with E-state index in [1.807, 2.05) is 36.1 Å². The Bertz CT molecular complexity index is 555. The summed E-state index contributed by atoms with van der Waals surface area (Å²) in [4.78, 5) is 25.3. The number of rotatable bonds is 7. The van der Waals surface area contributed by atoms with Crippen LogP contribution in [0, 0.1) is 11.8 Å². The summed E-state index contributed by atoms with van der Waals surface area (Å²) < 4.78 is 5.15. The highest BCUT2D eigenvalue weighted by molar-refractivity contribution is 5.79. The number of carbonyl (C=O) groups excluding carboxylic acids is 1. The molecule has 0 spiro atoms. The zero-order chi connectivity index (χ0) is 17.5. The van der Waals surface area contributed by atoms with Gasteiger partial charge < -0.3 is 14.7 Å². The largest absolute Gasteiger partial charge is 0.497 e. The summed E-state index contributed by atoms with van der Waals surface area (Å²) >= 11 is 0. The Kier molecular flexibility index (Phi) is 6.64. The van der Waals surface area contributed by atoms with Crippen LogP contribution >= 0.6 is 0 Å². The van der Waals surface area contributed by atoms with Crippen molar-refractivity contribution < 1.29 is 19.4 Å². The summed E-state index contributed by atoms with van der Waals surface area (Å²) in [6.45, 7) is 3.45. The lowest BCUT2D eigenvalue weighted by atomic mass is 9.91. The van der Waals surface area contributed by atoms with Gasteiger partial charge in [0.25, 0.3) is 0 Å². The van der Waals surface area contributed by atoms with Crippen molar-refractivity contribution in [3.8, 4) is 5.75 Å². The lowest BCUT2D eigenvalue weighted by molar-refractivity contribution is -0.137. The molecule has 132 valence electrons. The molecule has 0 saturated carbocycles. The first-order chi connectivity index (χ1) is 11.5. The molecular formula is C19H27NO4. The molecule has 2 atom stereocenters. The molecule has 1 amide bonds. The number of carboxylic acid groups (broad SMARTS) is 1. The van der Waals surface area contributed by atoms with Crippen LogP contribution in [0.4, 0.5) is 0 Å². The number of hydrogen-bond acceptors (Lipinski definition) is 3. The lowest BCUT2D eigenvalue weighted by Gasteiger charge is -2.34. The lowest BCUT2D eigenvalue weighted by Crippen LogP contribution is -2.43. The second-order valence-electron chi connectivity index (χ2n) is 6.68. The summed E-state index contributed by atoms with van der Waals surface area (Å²) in [5.74, 6) is 0.468. The number of ether oxygens (including phenoxy) is 1. The molecule has 0 unspecified atom stereocenters. The number of benzene rings is 1. The van der Waals surface area contributed by atoms with Crippen molar-refractivity contribution >= 4 is 11.9 Å². The van der Waals surface area contributed by atoms with Crippen LogP contribution in [-0.4, -0.2) is 42.1 Å². The van der Waals surface area contributed by atoms with E-state index in [1.54, 1.807) is 7.11 Å². The predicted octanol–water partition coefficient (Wildman–Crippen LogP) is 2.98. The molecule has 0 aliphatic carbocycles. The van der Waals surface area contributed by atoms with Crippen molar-refractivity contribution in [2.45, 2.75) is 39.0 Å². The van der Waals surface area contributed by atoms with Crippen LogP contribution in [-0.2, 0) is 16.0 Å². The third-order valence-corrected chi connectivity index (χ3v) is 4.72. The molecule has 2 rings (SSSR count). The van der Waals surface area contributed by atoms with Crippen LogP contribution in [0.1, 0.15) is 38.2 Å². The molecule has 1 aliphatic rings. The standard InChI is InChI=1S/C19H27NO4/c1-14(12-15-5-8-17(24-2)9-6-15)19(23)20-11-3-4-16(13-20)7-10-18(21)22/h5-6,8-9,14,16H,3-4,7,10-13H2,1-2H3,(H,21,22)/t14-,16-/m0/s1. The van der Waals surface area contributed by atoms with Gasteiger partial charge in [-0.15, -0.1) is 0 Å². The summed E-state index contributed by atoms with van der Waals surface area (Å²) in [5, 5.41) is 8.82. The highest BCUT2D eigenvalue weighted by Crippen LogP contribution is 2.23. The second kappa shape index (κ2) is 8.71. The van der Waals surface area contributed by atoms with Crippen molar-refractivity contribution in [2.24, 2.45) is 11.8 Å². The van der Waals surface area contributed by atoms with Crippen molar-refractivity contribution in [1.82, 2.24) is 4.90 Å². The van der Waals surface area contributed by atoms with E-state index in [9.17, 15) is 9.59 Å². The minimum absolute atomic E-state index is 0.0726. The first-order valence-electron chi connectivity index (χ1n) is 8.63. The smallest absolute Gasteiger partial charge is 0.303 e. The minimum atomic E-state index is -0.758. The van der Waals surface area contributed by atoms with Crippen LogP contribution < -0.4 is 4.74 Å². The Morgan fingerprint density at radius 3 is 2.67 bits per heavy atom. The number of amides is 1. The topological polar surface area (TPSA) is 66.8 Å². The van der Waals surface area contributed by atoms with Gasteiger partial charge in [0.1, 0.15) is 5.75 Å². The van der Waals surface area contributed by atoms with Gasteiger partial charge in [0.15, 0.2) is 0 Å². The van der Waals surface area contributed by atoms with E-state index in [1.165, 1.54) is 0 Å². The van der Waals surface area contributed by atoms with E-state index in [4.69, 9.17) is 9.84 Å². The summed E-state index contributed by atoms with van der Waals surface area (Å²) in [7, 11) is 1.64. The van der Waals surface area contributed by atoms with Crippen LogP contribution in [0.3, 0.4) is 0 Å². The van der Waals surface area contributed by atoms with Gasteiger partial charge in [-0.05, 0) is 49.3 Å². The molecule has 1 aliphatic heterocycles. The van der Waals surface area contributed by atoms with Gasteiger partial charge in [-0.2, -0.15) is 0 Å². The Morgan fingerprint density at radius 2 is 2.04 bits per heavy atom. The molecule has 1 aromatic rings. The van der Waals surface area contributed by atoms with Gasteiger partial charge in [-0.25, -0.2) is 0 Å². The Balaban J connectivity index is 1.87. The van der Waals surface area contributed by atoms with Gasteiger partial charge >= 0.3 is 5.97 Å². The van der Waals surface area contributed by atoms with E-state index in [2.05, 4.69) is 0 Å². The molecule has 0 radical (unpaired) electrons. The minimum Gasteiger partial charge on any atom is -0.497 e. The molecule has 24 heavy (non-hydrogen) atoms. The molecule has 5 nitrogen and oxygen atoms in total. The third-order valence-electron chi connectivity index (χ3n) is 4.72. The van der Waals surface area contributed by atoms with Gasteiger partial charge in [-0.1, -0.05) is 19.1 Å². The Morgan fingerprint density at radius 1 is 1.33 bits per heavy atom. The zero-order valence-corrected chi connectivity index (χ0v) is 14.5. The van der Waals surface area contributed by atoms with E-state index >= 15 is 0 Å². The van der Waals surface area contributed by atoms with E-state index in [0.717, 1.165) is 30.7 Å². The number of aliphatic carboxylic acids is 1. The van der Waals surface area contributed by atoms with Gasteiger partial charge in [0.05, 0.1) is 7.11 Å². The second-order valence-corrected chi connectivity index (χ2v) is 6.68. The van der Waals surface area contributed by atoms with Gasteiger partial charge in [0.2, 0.25) is 5.91 Å². The first-order valence-corrected chi connectivity index (χ1v) is 8.63. The number of carbonyl (C=O) groups is 2. The van der Waals surface area contributed by atoms with Crippen LogP contribution in [0.5, 0.6) is 5.75 Å².